The van der Waals surface area contributed by atoms with E-state index in [4.69, 9.17) is 24.8 Å². The van der Waals surface area contributed by atoms with Crippen molar-refractivity contribution in [2.45, 2.75) is 180 Å². The molecule has 11 nitrogen and oxygen atoms in total. The minimum atomic E-state index is -4.73. The molecule has 0 rings (SSSR count). The van der Waals surface area contributed by atoms with Crippen LogP contribution in [0.25, 0.3) is 0 Å². The minimum Gasteiger partial charge on any atom is -0.480 e. The number of carboxylic acids is 1. The van der Waals surface area contributed by atoms with Gasteiger partial charge in [0.15, 0.2) is 6.10 Å². The van der Waals surface area contributed by atoms with E-state index in [-0.39, 0.29) is 19.4 Å². The van der Waals surface area contributed by atoms with Crippen LogP contribution in [0.4, 0.5) is 0 Å². The van der Waals surface area contributed by atoms with E-state index in [1.54, 1.807) is 0 Å². The van der Waals surface area contributed by atoms with Gasteiger partial charge in [0, 0.05) is 12.8 Å². The summed E-state index contributed by atoms with van der Waals surface area (Å²) in [6, 6.07) is -1.53. The summed E-state index contributed by atoms with van der Waals surface area (Å²) >= 11 is 0. The summed E-state index contributed by atoms with van der Waals surface area (Å²) in [5, 5.41) is 8.88. The number of allylic oxidation sites excluding steroid dienone is 10. The second-order valence-corrected chi connectivity index (χ2v) is 15.6. The number of carboxylic acid groups (broad SMARTS) is 1. The third-order valence-corrected chi connectivity index (χ3v) is 9.67. The molecular formula is C44H76NO10P. The summed E-state index contributed by atoms with van der Waals surface area (Å²) in [4.78, 5) is 45.9. The van der Waals surface area contributed by atoms with Gasteiger partial charge >= 0.3 is 25.7 Å². The van der Waals surface area contributed by atoms with E-state index in [1.165, 1.54) is 57.8 Å². The summed E-state index contributed by atoms with van der Waals surface area (Å²) in [5.74, 6) is -2.44. The number of esters is 2. The molecule has 0 fully saturated rings. The molecule has 0 amide bonds. The molecule has 3 atom stereocenters. The number of phosphoric acid groups is 1. The Labute approximate surface area is 338 Å². The van der Waals surface area contributed by atoms with Crippen LogP contribution in [0.1, 0.15) is 168 Å². The van der Waals surface area contributed by atoms with Gasteiger partial charge in [0.1, 0.15) is 12.6 Å². The number of carbonyl (C=O) groups is 3. The van der Waals surface area contributed by atoms with Crippen molar-refractivity contribution in [3.8, 4) is 0 Å². The van der Waals surface area contributed by atoms with Crippen LogP contribution in [0.5, 0.6) is 0 Å². The van der Waals surface area contributed by atoms with Crippen molar-refractivity contribution >= 4 is 25.7 Å². The molecular weight excluding hydrogens is 733 g/mol. The number of aliphatic carboxylic acids is 1. The van der Waals surface area contributed by atoms with Crippen LogP contribution in [0.2, 0.25) is 0 Å². The van der Waals surface area contributed by atoms with Gasteiger partial charge in [-0.05, 0) is 77.0 Å². The van der Waals surface area contributed by atoms with E-state index in [0.717, 1.165) is 70.6 Å². The Balaban J connectivity index is 4.47. The largest absolute Gasteiger partial charge is 0.480 e. The molecule has 0 aromatic heterocycles. The van der Waals surface area contributed by atoms with E-state index in [1.807, 2.05) is 0 Å². The zero-order chi connectivity index (χ0) is 41.4. The third kappa shape index (κ3) is 38.1. The monoisotopic (exact) mass is 810 g/mol. The summed E-state index contributed by atoms with van der Waals surface area (Å²) in [6.45, 7) is 2.67. The van der Waals surface area contributed by atoms with Gasteiger partial charge in [-0.2, -0.15) is 0 Å². The van der Waals surface area contributed by atoms with Crippen LogP contribution >= 0.6 is 7.82 Å². The topological polar surface area (TPSA) is 172 Å². The number of rotatable bonds is 39. The first-order chi connectivity index (χ1) is 27.1. The van der Waals surface area contributed by atoms with Crippen LogP contribution < -0.4 is 5.73 Å². The fourth-order valence-electron chi connectivity index (χ4n) is 5.34. The first-order valence-electron chi connectivity index (χ1n) is 21.3. The molecule has 56 heavy (non-hydrogen) atoms. The molecule has 0 aliphatic rings. The number of nitrogens with two attached hydrogens (primary N) is 1. The van der Waals surface area contributed by atoms with E-state index < -0.39 is 51.1 Å². The summed E-state index contributed by atoms with van der Waals surface area (Å²) < 4.78 is 32.6. The highest BCUT2D eigenvalue weighted by Gasteiger charge is 2.28. The first-order valence-corrected chi connectivity index (χ1v) is 22.8. The molecule has 0 bridgehead atoms. The zero-order valence-corrected chi connectivity index (χ0v) is 35.6. The third-order valence-electron chi connectivity index (χ3n) is 8.72. The normalized spacial score (nSPS) is 14.4. The molecule has 12 heteroatoms. The number of hydrogen-bond acceptors (Lipinski definition) is 9. The number of hydrogen-bond donors (Lipinski definition) is 3. The lowest BCUT2D eigenvalue weighted by molar-refractivity contribution is -0.161. The van der Waals surface area contributed by atoms with E-state index in [0.29, 0.717) is 12.8 Å². The van der Waals surface area contributed by atoms with Crippen LogP contribution in [0.3, 0.4) is 0 Å². The van der Waals surface area contributed by atoms with Crippen molar-refractivity contribution < 1.29 is 47.5 Å². The average Bonchev–Trinajstić information content (AvgIpc) is 3.17. The van der Waals surface area contributed by atoms with Crippen molar-refractivity contribution in [1.82, 2.24) is 0 Å². The second-order valence-electron chi connectivity index (χ2n) is 14.1. The van der Waals surface area contributed by atoms with E-state index in [2.05, 4.69) is 79.1 Å². The average molecular weight is 810 g/mol. The smallest absolute Gasteiger partial charge is 0.472 e. The first kappa shape index (κ1) is 53.2. The lowest BCUT2D eigenvalue weighted by Crippen LogP contribution is -2.34. The fraction of sp³-hybridized carbons (Fsp3) is 0.705. The summed E-state index contributed by atoms with van der Waals surface area (Å²) in [7, 11) is -4.73. The summed E-state index contributed by atoms with van der Waals surface area (Å²) in [6.07, 6.45) is 44.3. The van der Waals surface area contributed by atoms with E-state index in [9.17, 15) is 23.8 Å². The lowest BCUT2D eigenvalue weighted by Gasteiger charge is -2.20. The second kappa shape index (κ2) is 39.0. The van der Waals surface area contributed by atoms with Gasteiger partial charge in [-0.3, -0.25) is 23.4 Å². The molecule has 0 aromatic rings. The Hall–Kier alpha value is -2.82. The Kier molecular flexibility index (Phi) is 37.1. The van der Waals surface area contributed by atoms with Crippen LogP contribution in [0.15, 0.2) is 60.8 Å². The minimum absolute atomic E-state index is 0.131. The molecule has 0 aromatic carbocycles. The van der Waals surface area contributed by atoms with Crippen LogP contribution in [-0.2, 0) is 37.5 Å². The molecule has 1 unspecified atom stereocenters. The number of unbranched alkanes of at least 4 members (excludes halogenated alkanes) is 15. The van der Waals surface area contributed by atoms with Gasteiger partial charge in [0.25, 0.3) is 0 Å². The highest BCUT2D eigenvalue weighted by Crippen LogP contribution is 2.43. The lowest BCUT2D eigenvalue weighted by atomic mass is 10.1. The number of carbonyl (C=O) groups excluding carboxylic acids is 2. The number of ether oxygens (including phenoxy) is 2. The Morgan fingerprint density at radius 2 is 0.982 bits per heavy atom. The van der Waals surface area contributed by atoms with Gasteiger partial charge in [-0.1, -0.05) is 139 Å². The quantitative estimate of drug-likeness (QED) is 0.0233. The Bertz CT molecular complexity index is 1180. The molecule has 4 N–H and O–H groups in total. The molecule has 0 heterocycles. The standard InChI is InChI=1S/C44H76NO10P/c1-3-5-7-9-11-13-15-17-19-20-22-23-25-27-29-31-33-35-42(46)52-37-40(38-53-56(50,51)54-39-41(45)44(48)49)55-43(47)36-34-32-30-28-26-24-21-18-16-14-12-10-8-6-4-2/h7,9,13,15,19-20,23-26,40-41H,3-6,8,10-12,14,16-18,21-22,27-39,45H2,1-2H3,(H,48,49)(H,50,51)/b9-7+,15-13+,20-19+,25-23+,26-24+/t40-,41+/m1/s1. The summed E-state index contributed by atoms with van der Waals surface area (Å²) in [5.41, 5.74) is 5.33. The van der Waals surface area contributed by atoms with Crippen molar-refractivity contribution in [3.63, 3.8) is 0 Å². The van der Waals surface area contributed by atoms with Crippen LogP contribution in [-0.4, -0.2) is 59.9 Å². The molecule has 0 aliphatic heterocycles. The predicted molar refractivity (Wildman–Crippen MR) is 226 cm³/mol. The fourth-order valence-corrected chi connectivity index (χ4v) is 6.12. The molecule has 0 saturated carbocycles. The molecule has 322 valence electrons. The SMILES string of the molecule is CCC/C=C/C/C=C/C/C=C/C/C=C/CCCCCC(=O)OC[C@H](COP(=O)(O)OC[C@H](N)C(=O)O)OC(=O)CCCCC/C=C/CCCCCCCCCC. The maximum absolute atomic E-state index is 12.6. The number of phosphoric ester groups is 1. The van der Waals surface area contributed by atoms with Crippen molar-refractivity contribution in [3.05, 3.63) is 60.8 Å². The molecule has 0 radical (unpaired) electrons. The van der Waals surface area contributed by atoms with Crippen LogP contribution in [0, 0.1) is 0 Å². The van der Waals surface area contributed by atoms with Gasteiger partial charge < -0.3 is 25.2 Å². The highest BCUT2D eigenvalue weighted by molar-refractivity contribution is 7.47. The predicted octanol–water partition coefficient (Wildman–Crippen LogP) is 11.2. The Morgan fingerprint density at radius 1 is 0.554 bits per heavy atom. The van der Waals surface area contributed by atoms with Crippen molar-refractivity contribution in [1.29, 1.82) is 0 Å². The van der Waals surface area contributed by atoms with E-state index >= 15 is 0 Å². The van der Waals surface area contributed by atoms with Gasteiger partial charge in [-0.25, -0.2) is 4.57 Å². The molecule has 0 saturated heterocycles. The highest BCUT2D eigenvalue weighted by atomic mass is 31.2. The maximum atomic E-state index is 12.6. The molecule has 0 aliphatic carbocycles. The van der Waals surface area contributed by atoms with Crippen molar-refractivity contribution in [2.24, 2.45) is 5.73 Å². The van der Waals surface area contributed by atoms with Gasteiger partial charge in [0.2, 0.25) is 0 Å². The Morgan fingerprint density at radius 3 is 1.50 bits per heavy atom. The van der Waals surface area contributed by atoms with Gasteiger partial charge in [-0.15, -0.1) is 0 Å². The van der Waals surface area contributed by atoms with Crippen molar-refractivity contribution in [2.75, 3.05) is 19.8 Å². The van der Waals surface area contributed by atoms with Gasteiger partial charge in [0.05, 0.1) is 13.2 Å². The zero-order valence-electron chi connectivity index (χ0n) is 34.7. The maximum Gasteiger partial charge on any atom is 0.472 e. The molecule has 0 spiro atoms.